The second-order valence-electron chi connectivity index (χ2n) is 8.80. The van der Waals surface area contributed by atoms with E-state index >= 15 is 0 Å². The van der Waals surface area contributed by atoms with Crippen molar-refractivity contribution in [3.8, 4) is 0 Å². The Morgan fingerprint density at radius 2 is 1.38 bits per heavy atom. The van der Waals surface area contributed by atoms with E-state index in [1.54, 1.807) is 18.2 Å². The van der Waals surface area contributed by atoms with Gasteiger partial charge in [0.2, 0.25) is 10.0 Å². The van der Waals surface area contributed by atoms with Gasteiger partial charge in [0, 0.05) is 43.7 Å². The Balaban J connectivity index is 1.55. The number of benzene rings is 3. The third-order valence-electron chi connectivity index (χ3n) is 6.37. The van der Waals surface area contributed by atoms with Crippen molar-refractivity contribution in [2.24, 2.45) is 0 Å². The van der Waals surface area contributed by atoms with E-state index in [9.17, 15) is 13.2 Å². The van der Waals surface area contributed by atoms with Gasteiger partial charge in [-0.15, -0.1) is 0 Å². The first-order valence-corrected chi connectivity index (χ1v) is 13.0. The molecule has 1 aliphatic heterocycles. The molecule has 1 heterocycles. The maximum Gasteiger partial charge on any atom is 0.251 e. The highest BCUT2D eigenvalue weighted by molar-refractivity contribution is 7.89. The summed E-state index contributed by atoms with van der Waals surface area (Å²) in [5, 5.41) is 3.10. The molecule has 1 atom stereocenters. The Hall–Kier alpha value is -3.00. The van der Waals surface area contributed by atoms with E-state index in [4.69, 9.17) is 0 Å². The van der Waals surface area contributed by atoms with Gasteiger partial charge in [-0.1, -0.05) is 66.7 Å². The number of carbonyl (C=O) groups excluding carboxylic acids is 1. The molecule has 1 amide bonds. The summed E-state index contributed by atoms with van der Waals surface area (Å²) < 4.78 is 27.8. The molecule has 0 aliphatic carbocycles. The minimum absolute atomic E-state index is 0.0383. The van der Waals surface area contributed by atoms with Crippen molar-refractivity contribution in [2.75, 3.05) is 33.2 Å². The summed E-state index contributed by atoms with van der Waals surface area (Å²) >= 11 is 0. The molecule has 0 radical (unpaired) electrons. The van der Waals surface area contributed by atoms with Crippen LogP contribution in [0.25, 0.3) is 0 Å². The first-order valence-electron chi connectivity index (χ1n) is 11.6. The second kappa shape index (κ2) is 10.5. The van der Waals surface area contributed by atoms with Crippen molar-refractivity contribution in [3.05, 3.63) is 102 Å². The molecular formula is C27H31N3O3S. The van der Waals surface area contributed by atoms with E-state index < -0.39 is 10.0 Å². The van der Waals surface area contributed by atoms with E-state index in [1.165, 1.54) is 10.4 Å². The van der Waals surface area contributed by atoms with Gasteiger partial charge in [-0.25, -0.2) is 8.42 Å². The number of hydrogen-bond acceptors (Lipinski definition) is 4. The monoisotopic (exact) mass is 477 g/mol. The van der Waals surface area contributed by atoms with Gasteiger partial charge in [0.05, 0.1) is 4.90 Å². The Kier molecular flexibility index (Phi) is 7.46. The maximum absolute atomic E-state index is 13.2. The normalized spacial score (nSPS) is 16.3. The van der Waals surface area contributed by atoms with E-state index in [0.29, 0.717) is 31.7 Å². The van der Waals surface area contributed by atoms with Crippen LogP contribution in [0.5, 0.6) is 0 Å². The molecule has 3 aromatic rings. The molecule has 34 heavy (non-hydrogen) atoms. The lowest BCUT2D eigenvalue weighted by molar-refractivity contribution is 0.0936. The van der Waals surface area contributed by atoms with Gasteiger partial charge in [-0.2, -0.15) is 4.31 Å². The molecule has 0 aromatic heterocycles. The van der Waals surface area contributed by atoms with Crippen LogP contribution in [-0.4, -0.2) is 62.8 Å². The van der Waals surface area contributed by atoms with Crippen molar-refractivity contribution >= 4 is 15.9 Å². The number of carbonyl (C=O) groups is 1. The Morgan fingerprint density at radius 1 is 0.824 bits per heavy atom. The average Bonchev–Trinajstić information content (AvgIpc) is 2.86. The maximum atomic E-state index is 13.2. The quantitative estimate of drug-likeness (QED) is 0.565. The van der Waals surface area contributed by atoms with Gasteiger partial charge in [0.1, 0.15) is 0 Å². The van der Waals surface area contributed by atoms with Crippen LogP contribution in [0.2, 0.25) is 0 Å². The number of amides is 1. The highest BCUT2D eigenvalue weighted by Gasteiger charge is 2.28. The number of piperazine rings is 1. The minimum Gasteiger partial charge on any atom is -0.349 e. The lowest BCUT2D eigenvalue weighted by atomic mass is 9.85. The zero-order chi connectivity index (χ0) is 24.1. The fraction of sp³-hybridized carbons (Fsp3) is 0.296. The van der Waals surface area contributed by atoms with E-state index in [1.807, 2.05) is 50.4 Å². The van der Waals surface area contributed by atoms with Crippen molar-refractivity contribution in [1.29, 1.82) is 0 Å². The van der Waals surface area contributed by atoms with Crippen LogP contribution < -0.4 is 5.32 Å². The van der Waals surface area contributed by atoms with Crippen molar-refractivity contribution in [2.45, 2.75) is 23.8 Å². The first kappa shape index (κ1) is 24.1. The Bertz CT molecular complexity index is 1170. The molecule has 4 rings (SSSR count). The molecule has 1 saturated heterocycles. The van der Waals surface area contributed by atoms with Gasteiger partial charge in [-0.3, -0.25) is 4.79 Å². The third kappa shape index (κ3) is 5.38. The van der Waals surface area contributed by atoms with Crippen LogP contribution in [0.15, 0.2) is 89.8 Å². The zero-order valence-corrected chi connectivity index (χ0v) is 20.4. The summed E-state index contributed by atoms with van der Waals surface area (Å²) in [5.41, 5.74) is 2.54. The lowest BCUT2D eigenvalue weighted by Gasteiger charge is -2.31. The van der Waals surface area contributed by atoms with Crippen LogP contribution in [0.1, 0.15) is 34.3 Å². The highest BCUT2D eigenvalue weighted by Crippen LogP contribution is 2.28. The van der Waals surface area contributed by atoms with Gasteiger partial charge in [0.15, 0.2) is 0 Å². The number of rotatable bonds is 7. The summed E-state index contributed by atoms with van der Waals surface area (Å²) in [6.07, 6.45) is 0. The summed E-state index contributed by atoms with van der Waals surface area (Å²) in [6, 6.07) is 26.3. The number of likely N-dealkylation sites (N-methyl/N-ethyl adjacent to an activating group) is 1. The number of nitrogens with zero attached hydrogens (tertiary/aromatic N) is 2. The minimum atomic E-state index is -3.65. The molecule has 3 aromatic carbocycles. The van der Waals surface area contributed by atoms with Gasteiger partial charge < -0.3 is 10.2 Å². The highest BCUT2D eigenvalue weighted by atomic mass is 32.2. The predicted octanol–water partition coefficient (Wildman–Crippen LogP) is 3.57. The summed E-state index contributed by atoms with van der Waals surface area (Å²) in [6.45, 7) is 4.26. The van der Waals surface area contributed by atoms with Gasteiger partial charge in [-0.05, 0) is 43.3 Å². The molecule has 1 unspecified atom stereocenters. The average molecular weight is 478 g/mol. The molecule has 1 fully saturated rings. The Labute approximate surface area is 202 Å². The molecule has 0 spiro atoms. The van der Waals surface area contributed by atoms with E-state index in [0.717, 1.165) is 11.1 Å². The number of hydrogen-bond donors (Lipinski definition) is 1. The molecule has 1 N–H and O–H groups in total. The summed E-state index contributed by atoms with van der Waals surface area (Å²) in [7, 11) is -1.67. The zero-order valence-electron chi connectivity index (χ0n) is 19.6. The standard InChI is InChI=1S/C27H31N3O3S/c1-21(26(22-10-5-3-6-11-22)23-12-7-4-8-13-23)28-27(31)24-14-9-15-25(20-24)34(32,33)30-18-16-29(2)17-19-30/h3-15,20-21,26H,16-19H2,1-2H3,(H,28,31). The lowest BCUT2D eigenvalue weighted by Crippen LogP contribution is -2.47. The fourth-order valence-corrected chi connectivity index (χ4v) is 5.91. The molecule has 178 valence electrons. The summed E-state index contributed by atoms with van der Waals surface area (Å²) in [4.78, 5) is 15.5. The Morgan fingerprint density at radius 3 is 1.94 bits per heavy atom. The van der Waals surface area contributed by atoms with Crippen LogP contribution in [0.3, 0.4) is 0 Å². The van der Waals surface area contributed by atoms with Gasteiger partial charge >= 0.3 is 0 Å². The van der Waals surface area contributed by atoms with Crippen molar-refractivity contribution in [3.63, 3.8) is 0 Å². The van der Waals surface area contributed by atoms with E-state index in [-0.39, 0.29) is 22.8 Å². The predicted molar refractivity (Wildman–Crippen MR) is 134 cm³/mol. The second-order valence-corrected chi connectivity index (χ2v) is 10.7. The molecule has 1 aliphatic rings. The number of nitrogens with one attached hydrogen (secondary N) is 1. The summed E-state index contributed by atoms with van der Waals surface area (Å²) in [5.74, 6) is -0.330. The molecular weight excluding hydrogens is 446 g/mol. The fourth-order valence-electron chi connectivity index (χ4n) is 4.44. The van der Waals surface area contributed by atoms with Crippen LogP contribution in [-0.2, 0) is 10.0 Å². The topological polar surface area (TPSA) is 69.7 Å². The molecule has 0 saturated carbocycles. The largest absolute Gasteiger partial charge is 0.349 e. The smallest absolute Gasteiger partial charge is 0.251 e. The van der Waals surface area contributed by atoms with Crippen molar-refractivity contribution < 1.29 is 13.2 Å². The van der Waals surface area contributed by atoms with Crippen LogP contribution in [0, 0.1) is 0 Å². The van der Waals surface area contributed by atoms with Crippen LogP contribution >= 0.6 is 0 Å². The molecule has 0 bridgehead atoms. The number of sulfonamides is 1. The third-order valence-corrected chi connectivity index (χ3v) is 8.27. The molecule has 6 nitrogen and oxygen atoms in total. The molecule has 7 heteroatoms. The first-order chi connectivity index (χ1) is 16.4. The van der Waals surface area contributed by atoms with Gasteiger partial charge in [0.25, 0.3) is 5.91 Å². The van der Waals surface area contributed by atoms with E-state index in [2.05, 4.69) is 34.5 Å². The SMILES string of the molecule is CC(NC(=O)c1cccc(S(=O)(=O)N2CCN(C)CC2)c1)C(c1ccccc1)c1ccccc1. The van der Waals surface area contributed by atoms with Crippen LogP contribution in [0.4, 0.5) is 0 Å². The van der Waals surface area contributed by atoms with Crippen molar-refractivity contribution in [1.82, 2.24) is 14.5 Å².